The molecule has 31 heavy (non-hydrogen) atoms. The number of pyridine rings is 1. The molecule has 5 rings (SSSR count). The second-order valence-corrected chi connectivity index (χ2v) is 8.72. The molecule has 0 radical (unpaired) electrons. The van der Waals surface area contributed by atoms with Gasteiger partial charge in [0.05, 0.1) is 15.7 Å². The van der Waals surface area contributed by atoms with Crippen LogP contribution >= 0.6 is 11.3 Å². The van der Waals surface area contributed by atoms with E-state index in [1.165, 1.54) is 0 Å². The van der Waals surface area contributed by atoms with Gasteiger partial charge in [0.15, 0.2) is 0 Å². The van der Waals surface area contributed by atoms with Crippen LogP contribution in [0.25, 0.3) is 21.6 Å². The number of piperazine rings is 1. The summed E-state index contributed by atoms with van der Waals surface area (Å²) in [6.07, 6.45) is 1.77. The van der Waals surface area contributed by atoms with E-state index in [4.69, 9.17) is 4.52 Å². The van der Waals surface area contributed by atoms with E-state index in [1.807, 2.05) is 49.1 Å². The van der Waals surface area contributed by atoms with Gasteiger partial charge in [-0.1, -0.05) is 19.0 Å². The number of benzene rings is 1. The van der Waals surface area contributed by atoms with Crippen LogP contribution < -0.4 is 4.90 Å². The first-order valence-corrected chi connectivity index (χ1v) is 11.1. The molecule has 0 saturated carbocycles. The van der Waals surface area contributed by atoms with Crippen molar-refractivity contribution in [2.24, 2.45) is 0 Å². The van der Waals surface area contributed by atoms with Crippen LogP contribution in [0.4, 0.5) is 5.82 Å². The summed E-state index contributed by atoms with van der Waals surface area (Å²) in [5, 5.41) is 4.04. The number of carbonyl (C=O) groups excluding carboxylic acids is 1. The van der Waals surface area contributed by atoms with Gasteiger partial charge in [0.25, 0.3) is 5.91 Å². The van der Waals surface area contributed by atoms with Crippen molar-refractivity contribution in [1.82, 2.24) is 25.0 Å². The Balaban J connectivity index is 1.23. The number of amides is 1. The number of hydrogen-bond acceptors (Lipinski definition) is 8. The van der Waals surface area contributed by atoms with Gasteiger partial charge in [0.2, 0.25) is 11.7 Å². The first kappa shape index (κ1) is 19.6. The van der Waals surface area contributed by atoms with Crippen molar-refractivity contribution < 1.29 is 9.32 Å². The van der Waals surface area contributed by atoms with Crippen molar-refractivity contribution in [3.8, 4) is 11.4 Å². The lowest BCUT2D eigenvalue weighted by atomic mass is 10.1. The van der Waals surface area contributed by atoms with E-state index in [-0.39, 0.29) is 11.8 Å². The zero-order chi connectivity index (χ0) is 21.4. The molecule has 4 aromatic rings. The van der Waals surface area contributed by atoms with Gasteiger partial charge in [-0.25, -0.2) is 9.97 Å². The second-order valence-electron chi connectivity index (χ2n) is 7.83. The monoisotopic (exact) mass is 434 g/mol. The van der Waals surface area contributed by atoms with E-state index < -0.39 is 0 Å². The molecule has 0 aliphatic carbocycles. The Kier molecular flexibility index (Phi) is 5.11. The van der Waals surface area contributed by atoms with Crippen LogP contribution in [0.3, 0.4) is 0 Å². The smallest absolute Gasteiger partial charge is 0.254 e. The summed E-state index contributed by atoms with van der Waals surface area (Å²) in [6, 6.07) is 9.63. The molecule has 8 nitrogen and oxygen atoms in total. The van der Waals surface area contributed by atoms with Crippen LogP contribution in [0.15, 0.2) is 46.6 Å². The van der Waals surface area contributed by atoms with E-state index in [1.54, 1.807) is 23.0 Å². The van der Waals surface area contributed by atoms with Crippen molar-refractivity contribution in [2.75, 3.05) is 31.1 Å². The van der Waals surface area contributed by atoms with E-state index in [2.05, 4.69) is 25.0 Å². The topological polar surface area (TPSA) is 88.3 Å². The zero-order valence-electron chi connectivity index (χ0n) is 17.4. The van der Waals surface area contributed by atoms with E-state index in [0.29, 0.717) is 30.4 Å². The van der Waals surface area contributed by atoms with E-state index in [9.17, 15) is 4.79 Å². The molecule has 158 valence electrons. The highest BCUT2D eigenvalue weighted by atomic mass is 32.1. The molecule has 1 saturated heterocycles. The van der Waals surface area contributed by atoms with Gasteiger partial charge in [-0.05, 0) is 30.3 Å². The fraction of sp³-hybridized carbons (Fsp3) is 0.318. The predicted octanol–water partition coefficient (Wildman–Crippen LogP) is 3.83. The maximum atomic E-state index is 12.9. The third-order valence-electron chi connectivity index (χ3n) is 5.41. The Hall–Kier alpha value is -3.33. The molecule has 0 bridgehead atoms. The molecular weight excluding hydrogens is 412 g/mol. The molecule has 1 aliphatic heterocycles. The number of hydrogen-bond donors (Lipinski definition) is 0. The maximum absolute atomic E-state index is 12.9. The van der Waals surface area contributed by atoms with Crippen LogP contribution in [0.1, 0.15) is 36.0 Å². The number of anilines is 1. The third kappa shape index (κ3) is 3.88. The van der Waals surface area contributed by atoms with Crippen molar-refractivity contribution in [3.05, 3.63) is 53.5 Å². The lowest BCUT2D eigenvalue weighted by Gasteiger charge is -2.35. The highest BCUT2D eigenvalue weighted by Gasteiger charge is 2.23. The largest absolute Gasteiger partial charge is 0.353 e. The molecule has 1 amide bonds. The quantitative estimate of drug-likeness (QED) is 0.482. The minimum absolute atomic E-state index is 0.0660. The highest BCUT2D eigenvalue weighted by Crippen LogP contribution is 2.23. The normalized spacial score (nSPS) is 14.5. The Bertz CT molecular complexity index is 1210. The maximum Gasteiger partial charge on any atom is 0.254 e. The summed E-state index contributed by atoms with van der Waals surface area (Å²) in [6.45, 7) is 6.82. The molecule has 1 aromatic carbocycles. The summed E-state index contributed by atoms with van der Waals surface area (Å²) in [5.74, 6) is 2.31. The molecule has 9 heteroatoms. The van der Waals surface area contributed by atoms with Crippen molar-refractivity contribution in [1.29, 1.82) is 0 Å². The number of rotatable bonds is 4. The second kappa shape index (κ2) is 8.07. The lowest BCUT2D eigenvalue weighted by molar-refractivity contribution is 0.0746. The number of thiazole rings is 1. The van der Waals surface area contributed by atoms with Gasteiger partial charge in [0, 0.05) is 49.4 Å². The van der Waals surface area contributed by atoms with Crippen LogP contribution in [0.2, 0.25) is 0 Å². The summed E-state index contributed by atoms with van der Waals surface area (Å²) in [4.78, 5) is 30.3. The van der Waals surface area contributed by atoms with E-state index >= 15 is 0 Å². The Morgan fingerprint density at radius 1 is 1.10 bits per heavy atom. The van der Waals surface area contributed by atoms with E-state index in [0.717, 1.165) is 34.7 Å². The number of fused-ring (bicyclic) bond motifs is 1. The first-order chi connectivity index (χ1) is 15.1. The molecule has 1 aliphatic rings. The van der Waals surface area contributed by atoms with Gasteiger partial charge in [0.1, 0.15) is 5.82 Å². The van der Waals surface area contributed by atoms with Crippen molar-refractivity contribution >= 4 is 33.3 Å². The zero-order valence-corrected chi connectivity index (χ0v) is 18.2. The molecular formula is C22H22N6O2S. The molecule has 0 atom stereocenters. The van der Waals surface area contributed by atoms with Crippen LogP contribution in [0.5, 0.6) is 0 Å². The van der Waals surface area contributed by atoms with Gasteiger partial charge in [-0.15, -0.1) is 11.3 Å². The van der Waals surface area contributed by atoms with Gasteiger partial charge < -0.3 is 14.3 Å². The van der Waals surface area contributed by atoms with Gasteiger partial charge in [-0.3, -0.25) is 4.79 Å². The Labute approximate surface area is 183 Å². The SMILES string of the molecule is CC(C)c1nc(-c2ccc(N3CCN(C(=O)c4ccc5ncsc5c4)CC3)nc2)no1. The third-order valence-corrected chi connectivity index (χ3v) is 6.20. The number of carbonyl (C=O) groups is 1. The van der Waals surface area contributed by atoms with Gasteiger partial charge in [-0.2, -0.15) is 4.98 Å². The Morgan fingerprint density at radius 3 is 2.65 bits per heavy atom. The summed E-state index contributed by atoms with van der Waals surface area (Å²) in [7, 11) is 0. The molecule has 4 heterocycles. The first-order valence-electron chi connectivity index (χ1n) is 10.3. The fourth-order valence-corrected chi connectivity index (χ4v) is 4.32. The minimum Gasteiger partial charge on any atom is -0.353 e. The summed E-state index contributed by atoms with van der Waals surface area (Å²) >= 11 is 1.55. The number of nitrogens with zero attached hydrogens (tertiary/aromatic N) is 6. The average Bonchev–Trinajstić information content (AvgIpc) is 3.48. The van der Waals surface area contributed by atoms with Crippen LogP contribution in [-0.2, 0) is 0 Å². The van der Waals surface area contributed by atoms with Crippen LogP contribution in [0, 0.1) is 0 Å². The predicted molar refractivity (Wildman–Crippen MR) is 119 cm³/mol. The molecule has 0 spiro atoms. The minimum atomic E-state index is 0.0660. The van der Waals surface area contributed by atoms with Gasteiger partial charge >= 0.3 is 0 Å². The standard InChI is InChI=1S/C22H22N6O2S/c1-14(2)21-25-20(26-30-21)16-4-6-19(23-12-16)27-7-9-28(10-8-27)22(29)15-3-5-17-18(11-15)31-13-24-17/h3-6,11-14H,7-10H2,1-2H3. The number of aromatic nitrogens is 4. The van der Waals surface area contributed by atoms with Crippen molar-refractivity contribution in [3.63, 3.8) is 0 Å². The summed E-state index contributed by atoms with van der Waals surface area (Å²) < 4.78 is 6.32. The molecule has 0 N–H and O–H groups in total. The highest BCUT2D eigenvalue weighted by molar-refractivity contribution is 7.16. The average molecular weight is 435 g/mol. The Morgan fingerprint density at radius 2 is 1.94 bits per heavy atom. The summed E-state index contributed by atoms with van der Waals surface area (Å²) in [5.41, 5.74) is 4.28. The van der Waals surface area contributed by atoms with Crippen molar-refractivity contribution in [2.45, 2.75) is 19.8 Å². The molecule has 3 aromatic heterocycles. The fourth-order valence-electron chi connectivity index (χ4n) is 3.60. The lowest BCUT2D eigenvalue weighted by Crippen LogP contribution is -2.49. The molecule has 0 unspecified atom stereocenters. The molecule has 1 fully saturated rings. The van der Waals surface area contributed by atoms with Crippen LogP contribution in [-0.4, -0.2) is 57.1 Å².